The fraction of sp³-hybridized carbons (Fsp3) is 0.636. The second-order valence-electron chi connectivity index (χ2n) is 12.8. The van der Waals surface area contributed by atoms with Gasteiger partial charge in [-0.1, -0.05) is 36.6 Å². The van der Waals surface area contributed by atoms with Gasteiger partial charge in [-0.05, 0) is 76.7 Å². The van der Waals surface area contributed by atoms with Gasteiger partial charge in [0, 0.05) is 43.5 Å². The summed E-state index contributed by atoms with van der Waals surface area (Å²) in [5, 5.41) is 23.7. The number of nitrogens with two attached hydrogens (primary N) is 2. The molecule has 14 heteroatoms. The summed E-state index contributed by atoms with van der Waals surface area (Å²) in [7, 11) is 0. The molecule has 1 aromatic carbocycles. The highest BCUT2D eigenvalue weighted by atomic mass is 16.2. The molecular weight excluding hydrogens is 596 g/mol. The lowest BCUT2D eigenvalue weighted by Crippen LogP contribution is -2.43. The van der Waals surface area contributed by atoms with Crippen LogP contribution in [0.15, 0.2) is 30.5 Å². The molecule has 1 aliphatic heterocycles. The molecule has 8 N–H and O–H groups in total. The molecule has 2 aliphatic rings. The van der Waals surface area contributed by atoms with Crippen molar-refractivity contribution >= 4 is 34.5 Å². The Kier molecular flexibility index (Phi) is 13.1. The molecule has 5 rings (SSSR count). The van der Waals surface area contributed by atoms with Gasteiger partial charge in [-0.15, -0.1) is 5.10 Å². The maximum Gasteiger partial charge on any atom is 0.234 e. The van der Waals surface area contributed by atoms with Crippen molar-refractivity contribution < 1.29 is 9.59 Å². The van der Waals surface area contributed by atoms with Crippen molar-refractivity contribution in [1.29, 1.82) is 0 Å². The van der Waals surface area contributed by atoms with Gasteiger partial charge in [-0.25, -0.2) is 4.98 Å². The maximum absolute atomic E-state index is 12.6. The van der Waals surface area contributed by atoms with Gasteiger partial charge in [-0.2, -0.15) is 4.98 Å². The van der Waals surface area contributed by atoms with Crippen LogP contribution in [0.25, 0.3) is 10.9 Å². The molecule has 2 amide bonds. The largest absolute Gasteiger partial charge is 0.368 e. The average Bonchev–Trinajstić information content (AvgIpc) is 3.55. The first kappa shape index (κ1) is 34.5. The smallest absolute Gasteiger partial charge is 0.234 e. The third-order valence-electron chi connectivity index (χ3n) is 9.15. The van der Waals surface area contributed by atoms with E-state index in [2.05, 4.69) is 31.6 Å². The lowest BCUT2D eigenvalue weighted by molar-refractivity contribution is -0.132. The summed E-state index contributed by atoms with van der Waals surface area (Å²) >= 11 is 0. The van der Waals surface area contributed by atoms with Gasteiger partial charge in [0.05, 0.1) is 24.3 Å². The third-order valence-corrected chi connectivity index (χ3v) is 9.15. The molecule has 0 bridgehead atoms. The highest BCUT2D eigenvalue weighted by Gasteiger charge is 2.24. The molecule has 1 saturated heterocycles. The normalized spacial score (nSPS) is 16.7. The van der Waals surface area contributed by atoms with Crippen LogP contribution in [-0.4, -0.2) is 92.5 Å². The maximum atomic E-state index is 12.6. The van der Waals surface area contributed by atoms with Crippen LogP contribution in [0.3, 0.4) is 0 Å². The van der Waals surface area contributed by atoms with Crippen LogP contribution in [0.1, 0.15) is 76.3 Å². The van der Waals surface area contributed by atoms with E-state index in [-0.39, 0.29) is 24.8 Å². The molecule has 3 heterocycles. The Morgan fingerprint density at radius 3 is 2.55 bits per heavy atom. The number of anilines is 2. The van der Waals surface area contributed by atoms with Gasteiger partial charge in [0.2, 0.25) is 17.8 Å². The van der Waals surface area contributed by atoms with E-state index >= 15 is 0 Å². The van der Waals surface area contributed by atoms with Crippen LogP contribution >= 0.6 is 0 Å². The summed E-state index contributed by atoms with van der Waals surface area (Å²) in [6.45, 7) is 5.60. The van der Waals surface area contributed by atoms with Crippen molar-refractivity contribution in [2.45, 2.75) is 102 Å². The molecule has 1 saturated carbocycles. The zero-order chi connectivity index (χ0) is 32.8. The number of primary amides is 1. The van der Waals surface area contributed by atoms with E-state index in [4.69, 9.17) is 21.4 Å². The Balaban J connectivity index is 1.03. The van der Waals surface area contributed by atoms with E-state index in [1.807, 2.05) is 40.0 Å². The Labute approximate surface area is 277 Å². The number of nitrogens with one attached hydrogen (secondary N) is 4. The van der Waals surface area contributed by atoms with E-state index < -0.39 is 11.9 Å². The summed E-state index contributed by atoms with van der Waals surface area (Å²) in [4.78, 5) is 35.2. The standard InChI is InChI=1S/C33H52N12O2/c34-28(31(35)47)12-13-30(46)44-20-14-25(15-21-44)39-32-27-10-4-5-11-29(27)40-33(41-32)38-22-26-23-45(43-42-26)19-7-17-36-16-6-18-37-24-8-2-1-3-9-24/h4-5,10-11,23-25,28,36-37H,1-3,6-9,12-22,34H2,(H2,35,47)(H2,38,39,40,41)/t28-/m0/s1. The number of piperidine rings is 1. The van der Waals surface area contributed by atoms with Gasteiger partial charge in [-0.3, -0.25) is 14.3 Å². The number of para-hydroxylation sites is 1. The number of benzene rings is 1. The Morgan fingerprint density at radius 2 is 1.74 bits per heavy atom. The van der Waals surface area contributed by atoms with E-state index in [1.54, 1.807) is 0 Å². The molecule has 14 nitrogen and oxygen atoms in total. The highest BCUT2D eigenvalue weighted by Crippen LogP contribution is 2.25. The monoisotopic (exact) mass is 648 g/mol. The summed E-state index contributed by atoms with van der Waals surface area (Å²) in [5.41, 5.74) is 12.6. The number of aromatic nitrogens is 5. The van der Waals surface area contributed by atoms with E-state index in [1.165, 1.54) is 32.1 Å². The zero-order valence-corrected chi connectivity index (χ0v) is 27.5. The molecule has 0 unspecified atom stereocenters. The predicted octanol–water partition coefficient (Wildman–Crippen LogP) is 2.12. The number of hydrogen-bond donors (Lipinski definition) is 6. The number of hydrogen-bond acceptors (Lipinski definition) is 11. The molecule has 0 spiro atoms. The minimum Gasteiger partial charge on any atom is -0.368 e. The SMILES string of the molecule is NC(=O)[C@@H](N)CCC(=O)N1CCC(Nc2nc(NCc3cn(CCCNCCCNC4CCCCC4)nn3)nc3ccccc23)CC1. The lowest BCUT2D eigenvalue weighted by atomic mass is 9.95. The van der Waals surface area contributed by atoms with Crippen LogP contribution in [0.2, 0.25) is 0 Å². The third kappa shape index (κ3) is 10.8. The van der Waals surface area contributed by atoms with Crippen LogP contribution in [0.4, 0.5) is 11.8 Å². The number of carbonyl (C=O) groups is 2. The van der Waals surface area contributed by atoms with Gasteiger partial charge >= 0.3 is 0 Å². The minimum atomic E-state index is -0.792. The van der Waals surface area contributed by atoms with Crippen molar-refractivity contribution in [3.8, 4) is 0 Å². The number of aryl methyl sites for hydroxylation is 1. The fourth-order valence-electron chi connectivity index (χ4n) is 6.33. The number of amides is 2. The van der Waals surface area contributed by atoms with Crippen LogP contribution in [-0.2, 0) is 22.7 Å². The first-order valence-corrected chi connectivity index (χ1v) is 17.4. The van der Waals surface area contributed by atoms with Crippen molar-refractivity contribution in [1.82, 2.24) is 40.5 Å². The summed E-state index contributed by atoms with van der Waals surface area (Å²) in [6, 6.07) is 8.02. The first-order chi connectivity index (χ1) is 22.9. The Hall–Kier alpha value is -3.88. The van der Waals surface area contributed by atoms with E-state index in [9.17, 15) is 9.59 Å². The molecule has 3 aromatic rings. The number of likely N-dealkylation sites (tertiary alicyclic amines) is 1. The minimum absolute atomic E-state index is 0.000673. The Bertz CT molecular complexity index is 1420. The average molecular weight is 649 g/mol. The molecule has 2 fully saturated rings. The molecule has 0 radical (unpaired) electrons. The topological polar surface area (TPSA) is 194 Å². The molecule has 256 valence electrons. The second-order valence-corrected chi connectivity index (χ2v) is 12.8. The van der Waals surface area contributed by atoms with Crippen molar-refractivity contribution in [3.63, 3.8) is 0 Å². The van der Waals surface area contributed by atoms with Crippen LogP contribution in [0, 0.1) is 0 Å². The summed E-state index contributed by atoms with van der Waals surface area (Å²) in [5.74, 6) is 0.693. The van der Waals surface area contributed by atoms with Crippen molar-refractivity contribution in [3.05, 3.63) is 36.2 Å². The number of fused-ring (bicyclic) bond motifs is 1. The molecule has 1 atom stereocenters. The molecule has 1 aliphatic carbocycles. The van der Waals surface area contributed by atoms with Gasteiger partial charge < -0.3 is 37.6 Å². The first-order valence-electron chi connectivity index (χ1n) is 17.4. The summed E-state index contributed by atoms with van der Waals surface area (Å²) < 4.78 is 1.89. The summed E-state index contributed by atoms with van der Waals surface area (Å²) in [6.07, 6.45) is 13.0. The van der Waals surface area contributed by atoms with Gasteiger partial charge in [0.15, 0.2) is 0 Å². The van der Waals surface area contributed by atoms with Gasteiger partial charge in [0.25, 0.3) is 0 Å². The molecule has 47 heavy (non-hydrogen) atoms. The van der Waals surface area contributed by atoms with Crippen LogP contribution in [0.5, 0.6) is 0 Å². The van der Waals surface area contributed by atoms with Crippen molar-refractivity contribution in [2.75, 3.05) is 43.4 Å². The highest BCUT2D eigenvalue weighted by molar-refractivity contribution is 5.90. The quantitative estimate of drug-likeness (QED) is 0.111. The van der Waals surface area contributed by atoms with E-state index in [0.717, 1.165) is 80.3 Å². The van der Waals surface area contributed by atoms with Crippen molar-refractivity contribution in [2.24, 2.45) is 11.5 Å². The second kappa shape index (κ2) is 17.9. The van der Waals surface area contributed by atoms with Gasteiger partial charge in [0.1, 0.15) is 11.5 Å². The Morgan fingerprint density at radius 1 is 0.957 bits per heavy atom. The van der Waals surface area contributed by atoms with E-state index in [0.29, 0.717) is 25.6 Å². The molecule has 2 aromatic heterocycles. The fourth-order valence-corrected chi connectivity index (χ4v) is 6.33. The number of rotatable bonds is 18. The zero-order valence-electron chi connectivity index (χ0n) is 27.5. The lowest BCUT2D eigenvalue weighted by Gasteiger charge is -2.33. The molecular formula is C33H52N12O2. The number of nitrogens with zero attached hydrogens (tertiary/aromatic N) is 6. The van der Waals surface area contributed by atoms with Crippen LogP contribution < -0.4 is 32.7 Å². The number of carbonyl (C=O) groups excluding carboxylic acids is 2. The predicted molar refractivity (Wildman–Crippen MR) is 183 cm³/mol.